The minimum absolute atomic E-state index is 0.0672. The third kappa shape index (κ3) is 5.67. The number of benzene rings is 1. The first-order valence-electron chi connectivity index (χ1n) is 14.3. The van der Waals surface area contributed by atoms with Crippen molar-refractivity contribution in [2.75, 3.05) is 34.3 Å². The molecule has 8 nitrogen and oxygen atoms in total. The summed E-state index contributed by atoms with van der Waals surface area (Å²) in [6.45, 7) is 8.16. The number of amides is 1. The Morgan fingerprint density at radius 3 is 2.49 bits per heavy atom. The lowest BCUT2D eigenvalue weighted by atomic mass is 9.96. The smallest absolute Gasteiger partial charge is 0.256 e. The number of pyridine rings is 2. The van der Waals surface area contributed by atoms with E-state index in [4.69, 9.17) is 4.74 Å². The number of nitrogens with zero attached hydrogens (tertiary/aromatic N) is 3. The van der Waals surface area contributed by atoms with Crippen molar-refractivity contribution in [3.8, 4) is 16.9 Å². The van der Waals surface area contributed by atoms with Gasteiger partial charge in [0.05, 0.1) is 24.7 Å². The molecule has 0 spiro atoms. The molecule has 0 aliphatic carbocycles. The van der Waals surface area contributed by atoms with Gasteiger partial charge in [-0.1, -0.05) is 30.3 Å². The molecule has 2 N–H and O–H groups in total. The molecule has 216 valence electrons. The van der Waals surface area contributed by atoms with E-state index in [9.17, 15) is 9.59 Å². The van der Waals surface area contributed by atoms with Crippen LogP contribution in [-0.2, 0) is 6.54 Å². The highest BCUT2D eigenvalue weighted by atomic mass is 16.5. The SMILES string of the molecule is COc1cc(C)[nH]c(=O)c1CNC(=O)c1cc2c(-c3ccccc3)ccn2c(C(C)N2CCC(N(C)C)CC2)c1C. The largest absolute Gasteiger partial charge is 0.496 e. The number of rotatable bonds is 8. The second-order valence-corrected chi connectivity index (χ2v) is 11.3. The molecule has 8 heteroatoms. The number of carbonyl (C=O) groups is 1. The Labute approximate surface area is 241 Å². The molecule has 0 bridgehead atoms. The first-order valence-corrected chi connectivity index (χ1v) is 14.3. The van der Waals surface area contributed by atoms with Gasteiger partial charge in [-0.2, -0.15) is 0 Å². The summed E-state index contributed by atoms with van der Waals surface area (Å²) in [5, 5.41) is 3.00. The van der Waals surface area contributed by atoms with Gasteiger partial charge in [-0.05, 0) is 77.0 Å². The molecule has 1 amide bonds. The molecule has 3 aromatic heterocycles. The van der Waals surface area contributed by atoms with Crippen molar-refractivity contribution in [1.29, 1.82) is 0 Å². The Bertz CT molecular complexity index is 1600. The van der Waals surface area contributed by atoms with Crippen LogP contribution in [0.15, 0.2) is 59.5 Å². The molecule has 4 aromatic rings. The molecule has 1 fully saturated rings. The number of aryl methyl sites for hydroxylation is 1. The standard InChI is InChI=1S/C33H41N5O3/c1-21-18-30(41-6)28(33(40)35-21)20-34-32(39)27-19-29-26(24-10-8-7-9-11-24)14-17-38(29)31(22(27)2)23(3)37-15-12-25(13-16-37)36(4)5/h7-11,14,17-19,23,25H,12-13,15-16,20H2,1-6H3,(H,34,39)(H,35,40). The number of carbonyl (C=O) groups excluding carboxylic acids is 1. The van der Waals surface area contributed by atoms with Gasteiger partial charge in [0.15, 0.2) is 0 Å². The number of hydrogen-bond donors (Lipinski definition) is 2. The van der Waals surface area contributed by atoms with Crippen molar-refractivity contribution < 1.29 is 9.53 Å². The number of aromatic amines is 1. The minimum atomic E-state index is -0.261. The molecule has 0 saturated carbocycles. The Hall–Kier alpha value is -3.88. The molecule has 1 aliphatic rings. The van der Waals surface area contributed by atoms with Crippen LogP contribution in [-0.4, -0.2) is 65.4 Å². The van der Waals surface area contributed by atoms with Crippen LogP contribution in [0.3, 0.4) is 0 Å². The number of ether oxygens (including phenoxy) is 1. The van der Waals surface area contributed by atoms with E-state index in [0.29, 0.717) is 28.6 Å². The summed E-state index contributed by atoms with van der Waals surface area (Å²) in [5.41, 5.74) is 6.68. The van der Waals surface area contributed by atoms with Gasteiger partial charge in [-0.15, -0.1) is 0 Å². The lowest BCUT2D eigenvalue weighted by Gasteiger charge is -2.39. The summed E-state index contributed by atoms with van der Waals surface area (Å²) in [4.78, 5) is 34.1. The van der Waals surface area contributed by atoms with E-state index < -0.39 is 0 Å². The Morgan fingerprint density at radius 2 is 1.83 bits per heavy atom. The number of aromatic nitrogens is 2. The molecule has 41 heavy (non-hydrogen) atoms. The normalized spacial score (nSPS) is 15.4. The Morgan fingerprint density at radius 1 is 1.12 bits per heavy atom. The second-order valence-electron chi connectivity index (χ2n) is 11.3. The third-order valence-corrected chi connectivity index (χ3v) is 8.63. The van der Waals surface area contributed by atoms with Crippen LogP contribution in [0.2, 0.25) is 0 Å². The summed E-state index contributed by atoms with van der Waals surface area (Å²) >= 11 is 0. The first-order chi connectivity index (χ1) is 19.7. The highest BCUT2D eigenvalue weighted by Gasteiger charge is 2.29. The van der Waals surface area contributed by atoms with Crippen LogP contribution in [0.4, 0.5) is 0 Å². The summed E-state index contributed by atoms with van der Waals surface area (Å²) < 4.78 is 7.69. The van der Waals surface area contributed by atoms with Gasteiger partial charge in [0.1, 0.15) is 5.75 Å². The van der Waals surface area contributed by atoms with Crippen molar-refractivity contribution in [2.45, 2.75) is 52.2 Å². The zero-order valence-electron chi connectivity index (χ0n) is 25.0. The molecule has 1 saturated heterocycles. The Kier molecular flexibility index (Phi) is 8.33. The van der Waals surface area contributed by atoms with E-state index >= 15 is 0 Å². The summed E-state index contributed by atoms with van der Waals surface area (Å²) in [5.74, 6) is 0.249. The van der Waals surface area contributed by atoms with E-state index in [2.05, 4.69) is 69.9 Å². The molecule has 1 unspecified atom stereocenters. The molecular formula is C33H41N5O3. The molecule has 1 aromatic carbocycles. The van der Waals surface area contributed by atoms with Gasteiger partial charge in [-0.3, -0.25) is 14.5 Å². The molecule has 5 rings (SSSR count). The maximum atomic E-state index is 13.8. The fourth-order valence-electron chi connectivity index (χ4n) is 6.24. The van der Waals surface area contributed by atoms with Crippen LogP contribution in [0.1, 0.15) is 58.7 Å². The number of H-pyrrole nitrogens is 1. The summed E-state index contributed by atoms with van der Waals surface area (Å²) in [6, 6.07) is 16.9. The molecule has 0 radical (unpaired) electrons. The van der Waals surface area contributed by atoms with Gasteiger partial charge in [-0.25, -0.2) is 0 Å². The predicted octanol–water partition coefficient (Wildman–Crippen LogP) is 4.94. The predicted molar refractivity (Wildman–Crippen MR) is 164 cm³/mol. The van der Waals surface area contributed by atoms with Gasteiger partial charge in [0.2, 0.25) is 0 Å². The molecule has 1 aliphatic heterocycles. The average Bonchev–Trinajstić information content (AvgIpc) is 3.39. The van der Waals surface area contributed by atoms with E-state index in [1.165, 1.54) is 7.11 Å². The lowest BCUT2D eigenvalue weighted by Crippen LogP contribution is -2.43. The van der Waals surface area contributed by atoms with Crippen molar-refractivity contribution in [3.05, 3.63) is 93.2 Å². The highest BCUT2D eigenvalue weighted by Crippen LogP contribution is 2.34. The van der Waals surface area contributed by atoms with E-state index in [-0.39, 0.29) is 24.1 Å². The van der Waals surface area contributed by atoms with Crippen molar-refractivity contribution >= 4 is 11.4 Å². The molecule has 1 atom stereocenters. The number of piperidine rings is 1. The van der Waals surface area contributed by atoms with Gasteiger partial charge < -0.3 is 24.3 Å². The third-order valence-electron chi connectivity index (χ3n) is 8.63. The number of hydrogen-bond acceptors (Lipinski definition) is 5. The fourth-order valence-corrected chi connectivity index (χ4v) is 6.24. The monoisotopic (exact) mass is 555 g/mol. The van der Waals surface area contributed by atoms with Crippen molar-refractivity contribution in [2.24, 2.45) is 0 Å². The zero-order chi connectivity index (χ0) is 29.3. The average molecular weight is 556 g/mol. The molecular weight excluding hydrogens is 514 g/mol. The quantitative estimate of drug-likeness (QED) is 0.322. The number of fused-ring (bicyclic) bond motifs is 1. The maximum Gasteiger partial charge on any atom is 0.256 e. The lowest BCUT2D eigenvalue weighted by molar-refractivity contribution is 0.0948. The second kappa shape index (κ2) is 11.9. The van der Waals surface area contributed by atoms with E-state index in [0.717, 1.165) is 53.8 Å². The number of likely N-dealkylation sites (tertiary alicyclic amines) is 1. The van der Waals surface area contributed by atoms with Crippen LogP contribution < -0.4 is 15.6 Å². The highest BCUT2D eigenvalue weighted by molar-refractivity contribution is 5.98. The fraction of sp³-hybridized carbons (Fsp3) is 0.394. The minimum Gasteiger partial charge on any atom is -0.496 e. The number of methoxy groups -OCH3 is 1. The van der Waals surface area contributed by atoms with Crippen molar-refractivity contribution in [3.63, 3.8) is 0 Å². The van der Waals surface area contributed by atoms with Crippen LogP contribution in [0.5, 0.6) is 5.75 Å². The molecule has 4 heterocycles. The van der Waals surface area contributed by atoms with Gasteiger partial charge in [0, 0.05) is 53.9 Å². The van der Waals surface area contributed by atoms with Crippen LogP contribution >= 0.6 is 0 Å². The van der Waals surface area contributed by atoms with Gasteiger partial charge >= 0.3 is 0 Å². The number of nitrogens with one attached hydrogen (secondary N) is 2. The van der Waals surface area contributed by atoms with E-state index in [1.54, 1.807) is 13.0 Å². The zero-order valence-corrected chi connectivity index (χ0v) is 25.0. The Balaban J connectivity index is 1.55. The van der Waals surface area contributed by atoms with Crippen LogP contribution in [0.25, 0.3) is 16.6 Å². The van der Waals surface area contributed by atoms with Crippen molar-refractivity contribution in [1.82, 2.24) is 24.5 Å². The van der Waals surface area contributed by atoms with Crippen LogP contribution in [0, 0.1) is 13.8 Å². The summed E-state index contributed by atoms with van der Waals surface area (Å²) in [7, 11) is 5.85. The van der Waals surface area contributed by atoms with E-state index in [1.807, 2.05) is 31.2 Å². The topological polar surface area (TPSA) is 82.1 Å². The summed E-state index contributed by atoms with van der Waals surface area (Å²) in [6.07, 6.45) is 4.36. The maximum absolute atomic E-state index is 13.8. The first kappa shape index (κ1) is 28.6. The van der Waals surface area contributed by atoms with Gasteiger partial charge in [0.25, 0.3) is 11.5 Å².